The summed E-state index contributed by atoms with van der Waals surface area (Å²) in [5, 5.41) is 0. The highest BCUT2D eigenvalue weighted by molar-refractivity contribution is 5.88. The fraction of sp³-hybridized carbons (Fsp3) is 0.320. The Bertz CT molecular complexity index is 1380. The number of aromatic nitrogens is 2. The molecule has 0 aliphatic rings. The van der Waals surface area contributed by atoms with Crippen molar-refractivity contribution in [2.24, 2.45) is 0 Å². The second-order valence-corrected chi connectivity index (χ2v) is 7.68. The highest BCUT2D eigenvalue weighted by Gasteiger charge is 2.32. The van der Waals surface area contributed by atoms with Crippen LogP contribution in [-0.4, -0.2) is 35.9 Å². The smallest absolute Gasteiger partial charge is 0.416 e. The van der Waals surface area contributed by atoms with Crippen molar-refractivity contribution in [1.29, 1.82) is 0 Å². The molecule has 36 heavy (non-hydrogen) atoms. The molecule has 192 valence electrons. The van der Waals surface area contributed by atoms with Gasteiger partial charge in [0.05, 0.1) is 38.1 Å². The van der Waals surface area contributed by atoms with Crippen LogP contribution in [0.25, 0.3) is 5.69 Å². The molecule has 11 heteroatoms. The number of methoxy groups -OCH3 is 2. The minimum atomic E-state index is -4.62. The molecule has 0 N–H and O–H groups in total. The molecule has 2 aromatic carbocycles. The second kappa shape index (κ2) is 10.7. The van der Waals surface area contributed by atoms with Crippen LogP contribution in [-0.2, 0) is 10.9 Å². The van der Waals surface area contributed by atoms with Gasteiger partial charge in [-0.2, -0.15) is 13.2 Å². The van der Waals surface area contributed by atoms with Crippen LogP contribution >= 0.6 is 0 Å². The van der Waals surface area contributed by atoms with Crippen molar-refractivity contribution in [1.82, 2.24) is 9.13 Å². The molecule has 8 nitrogen and oxygen atoms in total. The molecule has 0 radical (unpaired) electrons. The van der Waals surface area contributed by atoms with Crippen molar-refractivity contribution in [3.63, 3.8) is 0 Å². The van der Waals surface area contributed by atoms with Gasteiger partial charge in [0.15, 0.2) is 11.5 Å². The molecule has 1 atom stereocenters. The molecule has 0 fully saturated rings. The molecule has 3 rings (SSSR count). The molecule has 1 aromatic heterocycles. The molecule has 0 aliphatic heterocycles. The van der Waals surface area contributed by atoms with Crippen LogP contribution in [0.5, 0.6) is 11.5 Å². The first-order chi connectivity index (χ1) is 17.1. The average Bonchev–Trinajstić information content (AvgIpc) is 2.85. The van der Waals surface area contributed by atoms with Gasteiger partial charge in [-0.05, 0) is 43.2 Å². The summed E-state index contributed by atoms with van der Waals surface area (Å²) in [5.41, 5.74) is -2.88. The molecule has 0 spiro atoms. The number of carbonyl (C=O) groups is 1. The van der Waals surface area contributed by atoms with E-state index >= 15 is 0 Å². The molecule has 1 heterocycles. The lowest BCUT2D eigenvalue weighted by Crippen LogP contribution is -2.44. The van der Waals surface area contributed by atoms with Crippen LogP contribution in [0.1, 0.15) is 47.8 Å². The zero-order valence-corrected chi connectivity index (χ0v) is 20.1. The van der Waals surface area contributed by atoms with Crippen LogP contribution in [0.15, 0.2) is 58.3 Å². The van der Waals surface area contributed by atoms with E-state index in [1.807, 2.05) is 0 Å². The van der Waals surface area contributed by atoms with Crippen LogP contribution in [0, 0.1) is 0 Å². The van der Waals surface area contributed by atoms with E-state index in [1.165, 1.54) is 44.6 Å². The molecule has 0 amide bonds. The normalized spacial score (nSPS) is 12.2. The van der Waals surface area contributed by atoms with Crippen molar-refractivity contribution < 1.29 is 32.2 Å². The summed E-state index contributed by atoms with van der Waals surface area (Å²) in [6.45, 7) is 3.14. The third-order valence-corrected chi connectivity index (χ3v) is 5.56. The Hall–Kier alpha value is -4.02. The highest BCUT2D eigenvalue weighted by Crippen LogP contribution is 2.32. The second-order valence-electron chi connectivity index (χ2n) is 7.68. The van der Waals surface area contributed by atoms with Crippen molar-refractivity contribution in [3.8, 4) is 17.2 Å². The van der Waals surface area contributed by atoms with Gasteiger partial charge in [-0.25, -0.2) is 9.59 Å². The van der Waals surface area contributed by atoms with Gasteiger partial charge in [0.2, 0.25) is 0 Å². The first-order valence-electron chi connectivity index (χ1n) is 11.0. The van der Waals surface area contributed by atoms with Crippen molar-refractivity contribution >= 4 is 5.97 Å². The van der Waals surface area contributed by atoms with Gasteiger partial charge in [-0.1, -0.05) is 19.1 Å². The van der Waals surface area contributed by atoms with Gasteiger partial charge < -0.3 is 14.2 Å². The number of benzene rings is 2. The lowest BCUT2D eigenvalue weighted by Gasteiger charge is -2.21. The average molecular weight is 506 g/mol. The first kappa shape index (κ1) is 26.6. The van der Waals surface area contributed by atoms with Gasteiger partial charge in [-0.15, -0.1) is 0 Å². The maximum Gasteiger partial charge on any atom is 0.416 e. The Labute approximate surface area is 204 Å². The molecule has 0 aliphatic carbocycles. The largest absolute Gasteiger partial charge is 0.493 e. The lowest BCUT2D eigenvalue weighted by atomic mass is 10.0. The van der Waals surface area contributed by atoms with E-state index in [1.54, 1.807) is 13.8 Å². The molecular weight excluding hydrogens is 481 g/mol. The fourth-order valence-electron chi connectivity index (χ4n) is 3.85. The summed E-state index contributed by atoms with van der Waals surface area (Å²) < 4.78 is 57.4. The Kier molecular flexibility index (Phi) is 7.91. The monoisotopic (exact) mass is 506 g/mol. The molecule has 3 aromatic rings. The Balaban J connectivity index is 2.34. The number of nitrogens with zero attached hydrogens (tertiary/aromatic N) is 2. The van der Waals surface area contributed by atoms with E-state index in [2.05, 4.69) is 0 Å². The number of hydrogen-bond acceptors (Lipinski definition) is 6. The fourth-order valence-corrected chi connectivity index (χ4v) is 3.85. The summed E-state index contributed by atoms with van der Waals surface area (Å²) >= 11 is 0. The summed E-state index contributed by atoms with van der Waals surface area (Å²) in [6, 6.07) is 7.81. The molecule has 1 unspecified atom stereocenters. The van der Waals surface area contributed by atoms with Crippen LogP contribution < -0.4 is 20.7 Å². The van der Waals surface area contributed by atoms with E-state index in [-0.39, 0.29) is 30.0 Å². The summed E-state index contributed by atoms with van der Waals surface area (Å²) in [6.07, 6.45) is -3.47. The topological polar surface area (TPSA) is 88.8 Å². The SMILES string of the molecule is CCOC(=O)c1cn(-c2ccc(OC)c(OC)c2)c(=O)n(C(CC)c2cccc(C(F)(F)F)c2)c1=O. The standard InChI is InChI=1S/C25H25F3N2O6/c1-5-19(15-8-7-9-16(12-15)25(26,27)28)30-22(31)18(23(32)36-6-2)14-29(24(30)33)17-10-11-20(34-3)21(13-17)35-4/h7-14,19H,5-6H2,1-4H3. The molecular formula is C25H25F3N2O6. The van der Waals surface area contributed by atoms with E-state index in [4.69, 9.17) is 14.2 Å². The van der Waals surface area contributed by atoms with E-state index < -0.39 is 40.6 Å². The Morgan fingerprint density at radius 2 is 1.69 bits per heavy atom. The molecule has 0 saturated carbocycles. The van der Waals surface area contributed by atoms with Crippen molar-refractivity contribution in [2.45, 2.75) is 32.5 Å². The van der Waals surface area contributed by atoms with E-state index in [0.29, 0.717) is 5.75 Å². The Morgan fingerprint density at radius 3 is 2.28 bits per heavy atom. The van der Waals surface area contributed by atoms with Crippen LogP contribution in [0.2, 0.25) is 0 Å². The van der Waals surface area contributed by atoms with E-state index in [0.717, 1.165) is 27.5 Å². The number of halogens is 3. The molecule has 0 saturated heterocycles. The summed E-state index contributed by atoms with van der Waals surface area (Å²) in [5.74, 6) is -0.310. The maximum absolute atomic E-state index is 13.6. The highest BCUT2D eigenvalue weighted by atomic mass is 19.4. The zero-order valence-electron chi connectivity index (χ0n) is 20.1. The lowest BCUT2D eigenvalue weighted by molar-refractivity contribution is -0.137. The number of esters is 1. The van der Waals surface area contributed by atoms with Gasteiger partial charge in [0.25, 0.3) is 5.56 Å². The number of alkyl halides is 3. The van der Waals surface area contributed by atoms with Crippen LogP contribution in [0.3, 0.4) is 0 Å². The van der Waals surface area contributed by atoms with Crippen LogP contribution in [0.4, 0.5) is 13.2 Å². The van der Waals surface area contributed by atoms with Gasteiger partial charge >= 0.3 is 17.8 Å². The summed E-state index contributed by atoms with van der Waals surface area (Å²) in [7, 11) is 2.83. The predicted octanol–water partition coefficient (Wildman–Crippen LogP) is 4.21. The van der Waals surface area contributed by atoms with Gasteiger partial charge in [-0.3, -0.25) is 13.9 Å². The maximum atomic E-state index is 13.6. The van der Waals surface area contributed by atoms with Crippen molar-refractivity contribution in [3.05, 3.63) is 86.2 Å². The number of hydrogen-bond donors (Lipinski definition) is 0. The number of carbonyl (C=O) groups excluding carboxylic acids is 1. The molecule has 0 bridgehead atoms. The first-order valence-corrected chi connectivity index (χ1v) is 11.0. The quantitative estimate of drug-likeness (QED) is 0.426. The van der Waals surface area contributed by atoms with Crippen molar-refractivity contribution in [2.75, 3.05) is 20.8 Å². The van der Waals surface area contributed by atoms with Gasteiger partial charge in [0.1, 0.15) is 5.56 Å². The van der Waals surface area contributed by atoms with Gasteiger partial charge in [0, 0.05) is 12.3 Å². The minimum Gasteiger partial charge on any atom is -0.493 e. The van der Waals surface area contributed by atoms with E-state index in [9.17, 15) is 27.6 Å². The predicted molar refractivity (Wildman–Crippen MR) is 125 cm³/mol. The summed E-state index contributed by atoms with van der Waals surface area (Å²) in [4.78, 5) is 39.6. The number of ether oxygens (including phenoxy) is 3. The third kappa shape index (κ3) is 5.14. The zero-order chi connectivity index (χ0) is 26.6. The minimum absolute atomic E-state index is 0.0292. The Morgan fingerprint density at radius 1 is 1.00 bits per heavy atom. The number of rotatable bonds is 8. The third-order valence-electron chi connectivity index (χ3n) is 5.56.